The molecule has 6 bridgehead atoms. The van der Waals surface area contributed by atoms with Gasteiger partial charge in [0, 0.05) is 30.5 Å². The van der Waals surface area contributed by atoms with Crippen LogP contribution in [0.1, 0.15) is 23.1 Å². The van der Waals surface area contributed by atoms with Crippen molar-refractivity contribution in [2.24, 2.45) is 0 Å². The van der Waals surface area contributed by atoms with Crippen molar-refractivity contribution < 1.29 is 0 Å². The zero-order chi connectivity index (χ0) is 20.3. The van der Waals surface area contributed by atoms with E-state index < -0.39 is 0 Å². The Morgan fingerprint density at radius 1 is 1.07 bits per heavy atom. The van der Waals surface area contributed by atoms with E-state index in [0.29, 0.717) is 22.8 Å². The highest BCUT2D eigenvalue weighted by atomic mass is 35.5. The predicted molar refractivity (Wildman–Crippen MR) is 122 cm³/mol. The molecule has 6 nitrogen and oxygen atoms in total. The molecule has 5 rings (SSSR count). The molecule has 2 aliphatic heterocycles. The quantitative estimate of drug-likeness (QED) is 0.509. The number of nitrogens with zero attached hydrogens (tertiary/aromatic N) is 2. The van der Waals surface area contributed by atoms with Gasteiger partial charge in [-0.2, -0.15) is 4.98 Å². The maximum atomic E-state index is 6.36. The van der Waals surface area contributed by atoms with Gasteiger partial charge in [0.2, 0.25) is 5.95 Å². The molecule has 1 fully saturated rings. The van der Waals surface area contributed by atoms with E-state index >= 15 is 0 Å². The lowest BCUT2D eigenvalue weighted by Gasteiger charge is -2.16. The van der Waals surface area contributed by atoms with Gasteiger partial charge < -0.3 is 21.3 Å². The van der Waals surface area contributed by atoms with Crippen LogP contribution in [0.3, 0.4) is 0 Å². The molecule has 1 atom stereocenters. The lowest BCUT2D eigenvalue weighted by Crippen LogP contribution is -2.30. The summed E-state index contributed by atoms with van der Waals surface area (Å²) in [7, 11) is 0. The normalized spacial score (nSPS) is 17.8. The standard InChI is InChI=1S/C23H25ClN6/c24-21-14-27-23-29-18-3-1-2-15(10-18)4-5-16-11-19(28-22(21)30-23)7-6-17(16)12-26-20-8-9-25-13-20/h1-3,6-7,10-11,14,20,25-26H,4-5,8-9,12-13H2,(H2,27,28,29,30)/t20-/m1/s1. The number of hydrogen-bond acceptors (Lipinski definition) is 6. The number of hydrogen-bond donors (Lipinski definition) is 4. The first-order valence-corrected chi connectivity index (χ1v) is 10.8. The molecule has 3 aromatic rings. The third-order valence-corrected chi connectivity index (χ3v) is 6.00. The van der Waals surface area contributed by atoms with Gasteiger partial charge in [-0.05, 0) is 66.8 Å². The Morgan fingerprint density at radius 2 is 2.00 bits per heavy atom. The molecular formula is C23H25ClN6. The third kappa shape index (κ3) is 4.41. The van der Waals surface area contributed by atoms with Crippen LogP contribution in [0.2, 0.25) is 5.02 Å². The van der Waals surface area contributed by atoms with Crippen molar-refractivity contribution in [2.45, 2.75) is 31.8 Å². The summed E-state index contributed by atoms with van der Waals surface area (Å²) < 4.78 is 0. The number of anilines is 4. The molecule has 0 unspecified atom stereocenters. The molecule has 1 aromatic heterocycles. The Balaban J connectivity index is 1.49. The molecule has 0 radical (unpaired) electrons. The van der Waals surface area contributed by atoms with E-state index in [1.54, 1.807) is 6.20 Å². The first-order valence-electron chi connectivity index (χ1n) is 10.4. The van der Waals surface area contributed by atoms with Gasteiger partial charge in [0.25, 0.3) is 0 Å². The van der Waals surface area contributed by atoms with Crippen LogP contribution in [0.5, 0.6) is 0 Å². The molecule has 3 heterocycles. The zero-order valence-corrected chi connectivity index (χ0v) is 17.5. The fourth-order valence-electron chi connectivity index (χ4n) is 4.06. The number of fused-ring (bicyclic) bond motifs is 6. The van der Waals surface area contributed by atoms with Crippen LogP contribution in [0.4, 0.5) is 23.1 Å². The topological polar surface area (TPSA) is 73.9 Å². The van der Waals surface area contributed by atoms with E-state index in [2.05, 4.69) is 67.6 Å². The van der Waals surface area contributed by atoms with Crippen LogP contribution < -0.4 is 21.3 Å². The van der Waals surface area contributed by atoms with E-state index in [0.717, 1.165) is 43.9 Å². The average Bonchev–Trinajstić information content (AvgIpc) is 3.27. The van der Waals surface area contributed by atoms with Gasteiger partial charge in [-0.25, -0.2) is 4.98 Å². The highest BCUT2D eigenvalue weighted by Crippen LogP contribution is 2.28. The van der Waals surface area contributed by atoms with E-state index in [1.807, 2.05) is 6.07 Å². The molecule has 7 heteroatoms. The predicted octanol–water partition coefficient (Wildman–Crippen LogP) is 4.17. The molecule has 0 amide bonds. The van der Waals surface area contributed by atoms with E-state index in [-0.39, 0.29) is 0 Å². The van der Waals surface area contributed by atoms with Gasteiger partial charge in [-0.15, -0.1) is 0 Å². The largest absolute Gasteiger partial charge is 0.339 e. The van der Waals surface area contributed by atoms with Gasteiger partial charge in [0.1, 0.15) is 5.02 Å². The summed E-state index contributed by atoms with van der Waals surface area (Å²) in [6.07, 6.45) is 4.74. The van der Waals surface area contributed by atoms with Crippen LogP contribution in [0.25, 0.3) is 0 Å². The van der Waals surface area contributed by atoms with Gasteiger partial charge >= 0.3 is 0 Å². The summed E-state index contributed by atoms with van der Waals surface area (Å²) in [5, 5.41) is 14.3. The second-order valence-electron chi connectivity index (χ2n) is 7.89. The second-order valence-corrected chi connectivity index (χ2v) is 8.30. The highest BCUT2D eigenvalue weighted by molar-refractivity contribution is 6.32. The maximum Gasteiger partial charge on any atom is 0.229 e. The SMILES string of the molecule is Clc1cnc2nc1Nc1ccc(CN[C@@H]3CCNC3)c(c1)CCc1cccc(c1)N2. The van der Waals surface area contributed by atoms with Crippen molar-refractivity contribution in [1.29, 1.82) is 0 Å². The number of rotatable bonds is 3. The van der Waals surface area contributed by atoms with Gasteiger partial charge in [-0.1, -0.05) is 29.8 Å². The molecule has 2 aliphatic rings. The summed E-state index contributed by atoms with van der Waals surface area (Å²) in [5.74, 6) is 1.11. The van der Waals surface area contributed by atoms with Gasteiger partial charge in [0.05, 0.1) is 6.20 Å². The third-order valence-electron chi connectivity index (χ3n) is 5.72. The molecule has 2 aromatic carbocycles. The Morgan fingerprint density at radius 3 is 2.90 bits per heavy atom. The van der Waals surface area contributed by atoms with Crippen molar-refractivity contribution >= 4 is 34.7 Å². The molecule has 0 aliphatic carbocycles. The van der Waals surface area contributed by atoms with Crippen LogP contribution in [-0.4, -0.2) is 29.1 Å². The Bertz CT molecular complexity index is 1050. The zero-order valence-electron chi connectivity index (χ0n) is 16.7. The van der Waals surface area contributed by atoms with Crippen molar-refractivity contribution in [3.63, 3.8) is 0 Å². The van der Waals surface area contributed by atoms with E-state index in [9.17, 15) is 0 Å². The summed E-state index contributed by atoms with van der Waals surface area (Å²) in [5.41, 5.74) is 5.91. The summed E-state index contributed by atoms with van der Waals surface area (Å²) >= 11 is 6.36. The Kier molecular flexibility index (Phi) is 5.53. The minimum Gasteiger partial charge on any atom is -0.339 e. The molecule has 154 valence electrons. The fourth-order valence-corrected chi connectivity index (χ4v) is 4.19. The Hall–Kier alpha value is -2.67. The second kappa shape index (κ2) is 8.60. The van der Waals surface area contributed by atoms with Crippen molar-refractivity contribution in [3.8, 4) is 0 Å². The first-order chi connectivity index (χ1) is 14.7. The van der Waals surface area contributed by atoms with Gasteiger partial charge in [0.15, 0.2) is 5.82 Å². The number of nitrogens with one attached hydrogen (secondary N) is 4. The fraction of sp³-hybridized carbons (Fsp3) is 0.304. The van der Waals surface area contributed by atoms with Crippen molar-refractivity contribution in [2.75, 3.05) is 23.7 Å². The molecular weight excluding hydrogens is 396 g/mol. The van der Waals surface area contributed by atoms with Crippen LogP contribution in [0.15, 0.2) is 48.7 Å². The number of aromatic nitrogens is 2. The molecule has 4 N–H and O–H groups in total. The summed E-state index contributed by atoms with van der Waals surface area (Å²) in [6.45, 7) is 3.02. The summed E-state index contributed by atoms with van der Waals surface area (Å²) in [6, 6.07) is 15.5. The minimum atomic E-state index is 0.491. The number of halogens is 1. The van der Waals surface area contributed by atoms with E-state index in [1.165, 1.54) is 23.1 Å². The van der Waals surface area contributed by atoms with Crippen LogP contribution >= 0.6 is 11.6 Å². The minimum absolute atomic E-state index is 0.491. The first kappa shape index (κ1) is 19.3. The molecule has 30 heavy (non-hydrogen) atoms. The lowest BCUT2D eigenvalue weighted by atomic mass is 9.98. The van der Waals surface area contributed by atoms with Gasteiger partial charge in [-0.3, -0.25) is 0 Å². The van der Waals surface area contributed by atoms with E-state index in [4.69, 9.17) is 11.6 Å². The smallest absolute Gasteiger partial charge is 0.229 e. The number of benzene rings is 2. The monoisotopic (exact) mass is 420 g/mol. The molecule has 1 saturated heterocycles. The van der Waals surface area contributed by atoms with Crippen LogP contribution in [0, 0.1) is 0 Å². The van der Waals surface area contributed by atoms with Crippen molar-refractivity contribution in [1.82, 2.24) is 20.6 Å². The Labute approximate surface area is 181 Å². The summed E-state index contributed by atoms with van der Waals surface area (Å²) in [4.78, 5) is 8.88. The highest BCUT2D eigenvalue weighted by Gasteiger charge is 2.15. The number of aryl methyl sites for hydroxylation is 2. The molecule has 0 saturated carbocycles. The maximum absolute atomic E-state index is 6.36. The lowest BCUT2D eigenvalue weighted by molar-refractivity contribution is 0.545. The average molecular weight is 421 g/mol. The van der Waals surface area contributed by atoms with Crippen molar-refractivity contribution in [3.05, 3.63) is 70.4 Å². The molecule has 0 spiro atoms. The van der Waals surface area contributed by atoms with Crippen LogP contribution in [-0.2, 0) is 19.4 Å².